The van der Waals surface area contributed by atoms with Crippen LogP contribution in [0.5, 0.6) is 5.75 Å². The van der Waals surface area contributed by atoms with Crippen LogP contribution in [0.2, 0.25) is 0 Å². The second kappa shape index (κ2) is 7.58. The molecule has 1 fully saturated rings. The first-order valence-corrected chi connectivity index (χ1v) is 9.78. The fourth-order valence-electron chi connectivity index (χ4n) is 3.86. The minimum Gasteiger partial charge on any atom is -0.508 e. The summed E-state index contributed by atoms with van der Waals surface area (Å²) >= 11 is 0. The SMILES string of the molecule is Cc1cc(C)n2nc(C(=O)N3CCC(CCc4ccc(O)cc4)CC3)nc2n1. The Morgan fingerprint density at radius 3 is 2.57 bits per heavy atom. The van der Waals surface area contributed by atoms with E-state index in [9.17, 15) is 9.90 Å². The minimum absolute atomic E-state index is 0.112. The van der Waals surface area contributed by atoms with Gasteiger partial charge in [0.05, 0.1) is 0 Å². The van der Waals surface area contributed by atoms with Crippen molar-refractivity contribution in [2.45, 2.75) is 39.5 Å². The Labute approximate surface area is 164 Å². The average molecular weight is 379 g/mol. The number of fused-ring (bicyclic) bond motifs is 1. The summed E-state index contributed by atoms with van der Waals surface area (Å²) in [6, 6.07) is 9.34. The Bertz CT molecular complexity index is 988. The molecule has 28 heavy (non-hydrogen) atoms. The summed E-state index contributed by atoms with van der Waals surface area (Å²) in [6.45, 7) is 5.32. The fourth-order valence-corrected chi connectivity index (χ4v) is 3.86. The van der Waals surface area contributed by atoms with E-state index in [-0.39, 0.29) is 11.7 Å². The van der Waals surface area contributed by atoms with Gasteiger partial charge in [-0.25, -0.2) is 9.50 Å². The first kappa shape index (κ1) is 18.4. The van der Waals surface area contributed by atoms with Crippen LogP contribution < -0.4 is 0 Å². The van der Waals surface area contributed by atoms with Crippen molar-refractivity contribution in [2.24, 2.45) is 5.92 Å². The molecular formula is C21H25N5O2. The average Bonchev–Trinajstić information content (AvgIpc) is 3.12. The highest BCUT2D eigenvalue weighted by Gasteiger charge is 2.26. The number of amides is 1. The van der Waals surface area contributed by atoms with Crippen molar-refractivity contribution in [3.8, 4) is 5.75 Å². The van der Waals surface area contributed by atoms with Gasteiger partial charge >= 0.3 is 0 Å². The van der Waals surface area contributed by atoms with Gasteiger partial charge < -0.3 is 10.0 Å². The maximum absolute atomic E-state index is 12.8. The zero-order valence-electron chi connectivity index (χ0n) is 16.3. The third-order valence-electron chi connectivity index (χ3n) is 5.49. The summed E-state index contributed by atoms with van der Waals surface area (Å²) in [6.07, 6.45) is 4.08. The van der Waals surface area contributed by atoms with Crippen molar-refractivity contribution in [2.75, 3.05) is 13.1 Å². The molecule has 1 aliphatic heterocycles. The number of hydrogen-bond acceptors (Lipinski definition) is 5. The summed E-state index contributed by atoms with van der Waals surface area (Å²) < 4.78 is 1.63. The predicted molar refractivity (Wildman–Crippen MR) is 105 cm³/mol. The highest BCUT2D eigenvalue weighted by Crippen LogP contribution is 2.24. The lowest BCUT2D eigenvalue weighted by atomic mass is 9.90. The summed E-state index contributed by atoms with van der Waals surface area (Å²) in [5.74, 6) is 1.50. The lowest BCUT2D eigenvalue weighted by Gasteiger charge is -2.31. The van der Waals surface area contributed by atoms with Crippen LogP contribution in [0.15, 0.2) is 30.3 Å². The summed E-state index contributed by atoms with van der Waals surface area (Å²) in [7, 11) is 0. The van der Waals surface area contributed by atoms with Gasteiger partial charge in [0.15, 0.2) is 0 Å². The van der Waals surface area contributed by atoms with Crippen LogP contribution in [-0.2, 0) is 6.42 Å². The standard InChI is InChI=1S/C21H25N5O2/c1-14-13-15(2)26-21(22-14)23-19(24-26)20(28)25-11-9-17(10-12-25)4-3-16-5-7-18(27)8-6-16/h5-8,13,17,27H,3-4,9-12H2,1-2H3. The Balaban J connectivity index is 1.35. The third kappa shape index (κ3) is 3.83. The molecule has 0 atom stereocenters. The molecule has 0 spiro atoms. The van der Waals surface area contributed by atoms with Crippen molar-refractivity contribution in [1.82, 2.24) is 24.5 Å². The number of likely N-dealkylation sites (tertiary alicyclic amines) is 1. The largest absolute Gasteiger partial charge is 0.508 e. The van der Waals surface area contributed by atoms with E-state index in [1.165, 1.54) is 5.56 Å². The number of aromatic hydroxyl groups is 1. The van der Waals surface area contributed by atoms with Crippen LogP contribution in [0.4, 0.5) is 0 Å². The van der Waals surface area contributed by atoms with Gasteiger partial charge in [0.2, 0.25) is 5.82 Å². The number of phenolic OH excluding ortho intramolecular Hbond substituents is 1. The maximum Gasteiger partial charge on any atom is 0.293 e. The number of benzene rings is 1. The molecule has 1 aliphatic rings. The highest BCUT2D eigenvalue weighted by atomic mass is 16.3. The number of carbonyl (C=O) groups is 1. The van der Waals surface area contributed by atoms with Crippen LogP contribution in [0.25, 0.3) is 5.78 Å². The van der Waals surface area contributed by atoms with E-state index in [0.29, 0.717) is 17.4 Å². The Morgan fingerprint density at radius 1 is 1.14 bits per heavy atom. The summed E-state index contributed by atoms with van der Waals surface area (Å²) in [4.78, 5) is 23.4. The first-order valence-electron chi connectivity index (χ1n) is 9.78. The quantitative estimate of drug-likeness (QED) is 0.753. The number of nitrogens with zero attached hydrogens (tertiary/aromatic N) is 5. The second-order valence-corrected chi connectivity index (χ2v) is 7.63. The van der Waals surface area contributed by atoms with Crippen LogP contribution in [0, 0.1) is 19.8 Å². The highest BCUT2D eigenvalue weighted by molar-refractivity contribution is 5.91. The molecule has 146 valence electrons. The van der Waals surface area contributed by atoms with Gasteiger partial charge in [0, 0.05) is 24.5 Å². The monoisotopic (exact) mass is 379 g/mol. The molecule has 1 aromatic carbocycles. The number of carbonyl (C=O) groups excluding carboxylic acids is 1. The van der Waals surface area contributed by atoms with Crippen molar-refractivity contribution >= 4 is 11.7 Å². The zero-order valence-corrected chi connectivity index (χ0v) is 16.3. The van der Waals surface area contributed by atoms with Gasteiger partial charge in [-0.1, -0.05) is 12.1 Å². The van der Waals surface area contributed by atoms with Crippen molar-refractivity contribution in [3.05, 3.63) is 53.1 Å². The van der Waals surface area contributed by atoms with Crippen molar-refractivity contribution < 1.29 is 9.90 Å². The van der Waals surface area contributed by atoms with Crippen molar-refractivity contribution in [3.63, 3.8) is 0 Å². The number of hydrogen-bond donors (Lipinski definition) is 1. The molecule has 7 nitrogen and oxygen atoms in total. The van der Waals surface area contributed by atoms with E-state index in [4.69, 9.17) is 0 Å². The number of piperidine rings is 1. The molecule has 3 heterocycles. The lowest BCUT2D eigenvalue weighted by molar-refractivity contribution is 0.0675. The Kier molecular flexibility index (Phi) is 4.98. The lowest BCUT2D eigenvalue weighted by Crippen LogP contribution is -2.39. The van der Waals surface area contributed by atoms with Gasteiger partial charge in [0.25, 0.3) is 11.7 Å². The fraction of sp³-hybridized carbons (Fsp3) is 0.429. The molecule has 3 aromatic rings. The first-order chi connectivity index (χ1) is 13.5. The van der Waals surface area contributed by atoms with E-state index in [0.717, 1.165) is 50.2 Å². The van der Waals surface area contributed by atoms with Crippen LogP contribution >= 0.6 is 0 Å². The third-order valence-corrected chi connectivity index (χ3v) is 5.49. The van der Waals surface area contributed by atoms with E-state index in [2.05, 4.69) is 15.1 Å². The Morgan fingerprint density at radius 2 is 1.86 bits per heavy atom. The number of rotatable bonds is 4. The number of phenols is 1. The van der Waals surface area contributed by atoms with Gasteiger partial charge in [-0.05, 0) is 69.2 Å². The molecule has 0 saturated carbocycles. The number of aryl methyl sites for hydroxylation is 3. The number of aromatic nitrogens is 4. The van der Waals surface area contributed by atoms with Crippen LogP contribution in [-0.4, -0.2) is 48.6 Å². The minimum atomic E-state index is -0.112. The van der Waals surface area contributed by atoms with Crippen LogP contribution in [0.3, 0.4) is 0 Å². The molecule has 0 bridgehead atoms. The summed E-state index contributed by atoms with van der Waals surface area (Å²) in [5, 5.41) is 13.7. The summed E-state index contributed by atoms with van der Waals surface area (Å²) in [5.41, 5.74) is 3.02. The topological polar surface area (TPSA) is 83.6 Å². The van der Waals surface area contributed by atoms with Gasteiger partial charge in [-0.3, -0.25) is 4.79 Å². The predicted octanol–water partition coefficient (Wildman–Crippen LogP) is 2.93. The molecule has 7 heteroatoms. The smallest absolute Gasteiger partial charge is 0.293 e. The van der Waals surface area contributed by atoms with Gasteiger partial charge in [-0.2, -0.15) is 4.98 Å². The van der Waals surface area contributed by atoms with E-state index in [1.807, 2.05) is 36.9 Å². The maximum atomic E-state index is 12.8. The van der Waals surface area contributed by atoms with Crippen molar-refractivity contribution in [1.29, 1.82) is 0 Å². The van der Waals surface area contributed by atoms with Gasteiger partial charge in [-0.15, -0.1) is 5.10 Å². The molecule has 1 saturated heterocycles. The molecule has 4 rings (SSSR count). The van der Waals surface area contributed by atoms with E-state index in [1.54, 1.807) is 16.6 Å². The molecule has 1 amide bonds. The molecular weight excluding hydrogens is 354 g/mol. The molecule has 0 radical (unpaired) electrons. The normalized spacial score (nSPS) is 15.3. The van der Waals surface area contributed by atoms with Gasteiger partial charge in [0.1, 0.15) is 5.75 Å². The van der Waals surface area contributed by atoms with E-state index < -0.39 is 0 Å². The van der Waals surface area contributed by atoms with E-state index >= 15 is 0 Å². The Hall–Kier alpha value is -2.96. The molecule has 1 N–H and O–H groups in total. The molecule has 2 aromatic heterocycles. The second-order valence-electron chi connectivity index (χ2n) is 7.63. The zero-order chi connectivity index (χ0) is 19.7. The molecule has 0 aliphatic carbocycles. The molecule has 0 unspecified atom stereocenters. The van der Waals surface area contributed by atoms with Crippen LogP contribution in [0.1, 0.15) is 46.8 Å².